The van der Waals surface area contributed by atoms with Crippen LogP contribution >= 0.6 is 0 Å². The topological polar surface area (TPSA) is 82.5 Å². The number of fused-ring (bicyclic) bond motifs is 1. The molecule has 9 heteroatoms. The van der Waals surface area contributed by atoms with Crippen LogP contribution in [0.15, 0.2) is 53.3 Å². The van der Waals surface area contributed by atoms with Crippen LogP contribution in [0.4, 0.5) is 14.5 Å². The lowest BCUT2D eigenvalue weighted by atomic mass is 10.1. The highest BCUT2D eigenvalue weighted by Gasteiger charge is 2.20. The molecule has 1 unspecified atom stereocenters. The van der Waals surface area contributed by atoms with Crippen LogP contribution in [0.1, 0.15) is 13.0 Å². The minimum Gasteiger partial charge on any atom is -0.486 e. The molecule has 3 aromatic rings. The van der Waals surface area contributed by atoms with Gasteiger partial charge in [-0.15, -0.1) is 0 Å². The van der Waals surface area contributed by atoms with Gasteiger partial charge >= 0.3 is 0 Å². The molecule has 2 aromatic carbocycles. The lowest BCUT2D eigenvalue weighted by Crippen LogP contribution is -2.33. The zero-order valence-electron chi connectivity index (χ0n) is 15.9. The number of ether oxygens (including phenoxy) is 2. The van der Waals surface area contributed by atoms with E-state index in [9.17, 15) is 18.4 Å². The van der Waals surface area contributed by atoms with E-state index in [4.69, 9.17) is 9.47 Å². The Labute approximate surface area is 169 Å². The maximum atomic E-state index is 13.4. The van der Waals surface area contributed by atoms with Crippen LogP contribution in [0.25, 0.3) is 11.3 Å². The molecule has 154 valence electrons. The molecule has 1 amide bonds. The Bertz CT molecular complexity index is 1180. The van der Waals surface area contributed by atoms with Gasteiger partial charge in [-0.1, -0.05) is 0 Å². The third-order valence-corrected chi connectivity index (χ3v) is 4.60. The minimum absolute atomic E-state index is 0.0711. The molecule has 30 heavy (non-hydrogen) atoms. The smallest absolute Gasteiger partial charge is 0.267 e. The number of anilines is 1. The second kappa shape index (κ2) is 7.94. The molecule has 0 radical (unpaired) electrons. The van der Waals surface area contributed by atoms with Crippen molar-refractivity contribution in [3.05, 3.63) is 70.5 Å². The number of nitrogens with one attached hydrogen (secondary N) is 1. The second-order valence-electron chi connectivity index (χ2n) is 6.65. The molecule has 1 aliphatic rings. The van der Waals surface area contributed by atoms with Crippen molar-refractivity contribution >= 4 is 11.6 Å². The number of amides is 1. The largest absolute Gasteiger partial charge is 0.486 e. The van der Waals surface area contributed by atoms with Crippen molar-refractivity contribution < 1.29 is 23.0 Å². The molecule has 4 rings (SSSR count). The first-order valence-electron chi connectivity index (χ1n) is 9.18. The number of benzene rings is 2. The van der Waals surface area contributed by atoms with Gasteiger partial charge in [0.2, 0.25) is 5.91 Å². The zero-order chi connectivity index (χ0) is 21.3. The maximum absolute atomic E-state index is 13.4. The minimum atomic E-state index is -1.09. The Morgan fingerprint density at radius 3 is 2.57 bits per heavy atom. The first kappa shape index (κ1) is 19.6. The normalized spacial score (nSPS) is 13.6. The average Bonchev–Trinajstić information content (AvgIpc) is 2.76. The fraction of sp³-hybridized carbons (Fsp3) is 0.190. The van der Waals surface area contributed by atoms with Crippen molar-refractivity contribution in [2.45, 2.75) is 13.0 Å². The Kier molecular flexibility index (Phi) is 5.18. The van der Waals surface area contributed by atoms with Gasteiger partial charge in [-0.3, -0.25) is 9.59 Å². The predicted octanol–water partition coefficient (Wildman–Crippen LogP) is 3.16. The number of nitrogens with zero attached hydrogens (tertiary/aromatic N) is 2. The Morgan fingerprint density at radius 2 is 1.80 bits per heavy atom. The summed E-state index contributed by atoms with van der Waals surface area (Å²) in [5.41, 5.74) is 0.728. The van der Waals surface area contributed by atoms with Crippen molar-refractivity contribution in [1.82, 2.24) is 9.78 Å². The van der Waals surface area contributed by atoms with Gasteiger partial charge in [0.1, 0.15) is 19.3 Å². The van der Waals surface area contributed by atoms with E-state index < -0.39 is 29.1 Å². The molecule has 7 nitrogen and oxygen atoms in total. The summed E-state index contributed by atoms with van der Waals surface area (Å²) in [4.78, 5) is 24.8. The van der Waals surface area contributed by atoms with E-state index in [1.54, 1.807) is 24.3 Å². The summed E-state index contributed by atoms with van der Waals surface area (Å²) < 4.78 is 38.5. The molecular formula is C21H17F2N3O4. The van der Waals surface area contributed by atoms with Gasteiger partial charge in [0.25, 0.3) is 5.56 Å². The van der Waals surface area contributed by atoms with Gasteiger partial charge in [-0.25, -0.2) is 13.5 Å². The van der Waals surface area contributed by atoms with E-state index in [0.29, 0.717) is 36.0 Å². The Morgan fingerprint density at radius 1 is 1.03 bits per heavy atom. The number of carbonyl (C=O) groups is 1. The second-order valence-corrected chi connectivity index (χ2v) is 6.65. The first-order chi connectivity index (χ1) is 14.4. The number of halogens is 2. The van der Waals surface area contributed by atoms with Crippen LogP contribution < -0.4 is 20.3 Å². The van der Waals surface area contributed by atoms with Gasteiger partial charge in [0.15, 0.2) is 23.1 Å². The lowest BCUT2D eigenvalue weighted by Gasteiger charge is -2.19. The molecule has 1 N–H and O–H groups in total. The molecular weight excluding hydrogens is 396 g/mol. The molecule has 0 saturated carbocycles. The van der Waals surface area contributed by atoms with Gasteiger partial charge in [-0.05, 0) is 43.3 Å². The third-order valence-electron chi connectivity index (χ3n) is 4.60. The summed E-state index contributed by atoms with van der Waals surface area (Å²) in [6, 6.07) is 10.1. The fourth-order valence-corrected chi connectivity index (χ4v) is 2.99. The van der Waals surface area contributed by atoms with Crippen LogP contribution in [0.3, 0.4) is 0 Å². The van der Waals surface area contributed by atoms with Crippen molar-refractivity contribution in [2.75, 3.05) is 18.5 Å². The van der Waals surface area contributed by atoms with Crippen molar-refractivity contribution in [3.8, 4) is 22.8 Å². The van der Waals surface area contributed by atoms with E-state index in [1.165, 1.54) is 19.1 Å². The first-order valence-corrected chi connectivity index (χ1v) is 9.18. The van der Waals surface area contributed by atoms with Gasteiger partial charge < -0.3 is 14.8 Å². The van der Waals surface area contributed by atoms with E-state index in [0.717, 1.165) is 16.8 Å². The predicted molar refractivity (Wildman–Crippen MR) is 105 cm³/mol. The van der Waals surface area contributed by atoms with E-state index in [1.807, 2.05) is 0 Å². The summed E-state index contributed by atoms with van der Waals surface area (Å²) in [5.74, 6) is -1.52. The summed E-state index contributed by atoms with van der Waals surface area (Å²) in [6.45, 7) is 2.39. The molecule has 0 saturated heterocycles. The monoisotopic (exact) mass is 413 g/mol. The van der Waals surface area contributed by atoms with Gasteiger partial charge in [-0.2, -0.15) is 5.10 Å². The number of hydrogen-bond acceptors (Lipinski definition) is 5. The molecule has 0 bridgehead atoms. The molecule has 1 aromatic heterocycles. The molecule has 0 fully saturated rings. The SMILES string of the molecule is CC(C(=O)Nc1ccc(F)c(F)c1)n1nc(-c2ccc3c(c2)OCCO3)ccc1=O. The molecule has 0 aliphatic carbocycles. The fourth-order valence-electron chi connectivity index (χ4n) is 2.99. The highest BCUT2D eigenvalue weighted by Crippen LogP contribution is 2.33. The maximum Gasteiger partial charge on any atom is 0.267 e. The van der Waals surface area contributed by atoms with Crippen LogP contribution in [0.2, 0.25) is 0 Å². The summed E-state index contributed by atoms with van der Waals surface area (Å²) in [7, 11) is 0. The van der Waals surface area contributed by atoms with Crippen molar-refractivity contribution in [2.24, 2.45) is 0 Å². The van der Waals surface area contributed by atoms with E-state index >= 15 is 0 Å². The number of aromatic nitrogens is 2. The Balaban J connectivity index is 1.60. The molecule has 2 heterocycles. The lowest BCUT2D eigenvalue weighted by molar-refractivity contribution is -0.119. The van der Waals surface area contributed by atoms with Crippen molar-refractivity contribution in [3.63, 3.8) is 0 Å². The van der Waals surface area contributed by atoms with Gasteiger partial charge in [0, 0.05) is 23.4 Å². The molecule has 1 aliphatic heterocycles. The molecule has 1 atom stereocenters. The number of hydrogen-bond donors (Lipinski definition) is 1. The number of rotatable bonds is 4. The number of carbonyl (C=O) groups excluding carboxylic acids is 1. The summed E-state index contributed by atoms with van der Waals surface area (Å²) in [5, 5.41) is 6.75. The summed E-state index contributed by atoms with van der Waals surface area (Å²) in [6.07, 6.45) is 0. The average molecular weight is 413 g/mol. The van der Waals surface area contributed by atoms with Crippen LogP contribution in [-0.4, -0.2) is 28.9 Å². The van der Waals surface area contributed by atoms with Crippen molar-refractivity contribution in [1.29, 1.82) is 0 Å². The third kappa shape index (κ3) is 3.86. The standard InChI is InChI=1S/C21H17F2N3O4/c1-12(21(28)24-14-3-4-15(22)16(23)11-14)26-20(27)7-5-17(25-26)13-2-6-18-19(10-13)30-9-8-29-18/h2-7,10-12H,8-9H2,1H3,(H,24,28). The highest BCUT2D eigenvalue weighted by molar-refractivity contribution is 5.93. The zero-order valence-corrected chi connectivity index (χ0v) is 15.9. The van der Waals surface area contributed by atoms with Crippen LogP contribution in [0, 0.1) is 11.6 Å². The van der Waals surface area contributed by atoms with Crippen LogP contribution in [-0.2, 0) is 4.79 Å². The van der Waals surface area contributed by atoms with Gasteiger partial charge in [0.05, 0.1) is 5.69 Å². The van der Waals surface area contributed by atoms with Crippen LogP contribution in [0.5, 0.6) is 11.5 Å². The van der Waals surface area contributed by atoms with E-state index in [-0.39, 0.29) is 5.69 Å². The Hall–Kier alpha value is -3.75. The van der Waals surface area contributed by atoms with E-state index in [2.05, 4.69) is 10.4 Å². The quantitative estimate of drug-likeness (QED) is 0.711. The summed E-state index contributed by atoms with van der Waals surface area (Å²) >= 11 is 0. The highest BCUT2D eigenvalue weighted by atomic mass is 19.2. The molecule has 0 spiro atoms.